The number of carbonyl (C=O) groups is 2. The Morgan fingerprint density at radius 2 is 0.603 bits per heavy atom. The van der Waals surface area contributed by atoms with Crippen LogP contribution in [0.5, 0.6) is 0 Å². The van der Waals surface area contributed by atoms with Crippen LogP contribution in [0, 0.1) is 0 Å². The van der Waals surface area contributed by atoms with Crippen LogP contribution in [0.4, 0.5) is 0 Å². The van der Waals surface area contributed by atoms with Crippen molar-refractivity contribution in [2.24, 2.45) is 0 Å². The summed E-state index contributed by atoms with van der Waals surface area (Å²) in [6.45, 7) is 4.94. The molecule has 1 amide bonds. The van der Waals surface area contributed by atoms with Crippen molar-refractivity contribution < 1.29 is 24.5 Å². The fourth-order valence-corrected chi connectivity index (χ4v) is 11.3. The minimum atomic E-state index is -0.844. The van der Waals surface area contributed by atoms with Crippen LogP contribution < -0.4 is 5.32 Å². The van der Waals surface area contributed by atoms with Gasteiger partial charge in [-0.05, 0) is 57.8 Å². The van der Waals surface area contributed by atoms with E-state index in [1.807, 2.05) is 6.08 Å². The molecule has 0 aliphatic rings. The van der Waals surface area contributed by atoms with Crippen molar-refractivity contribution in [2.75, 3.05) is 13.2 Å². The molecule has 0 rings (SSSR count). The highest BCUT2D eigenvalue weighted by Crippen LogP contribution is 2.19. The zero-order valence-corrected chi connectivity index (χ0v) is 52.9. The first-order valence-electron chi connectivity index (χ1n) is 35.6. The van der Waals surface area contributed by atoms with E-state index in [2.05, 4.69) is 31.3 Å². The van der Waals surface area contributed by atoms with Gasteiger partial charge in [-0.15, -0.1) is 0 Å². The van der Waals surface area contributed by atoms with Gasteiger partial charge in [0.15, 0.2) is 0 Å². The second-order valence-corrected chi connectivity index (χ2v) is 24.6. The zero-order valence-electron chi connectivity index (χ0n) is 52.9. The van der Waals surface area contributed by atoms with E-state index in [1.165, 1.54) is 334 Å². The third-order valence-corrected chi connectivity index (χ3v) is 16.7. The van der Waals surface area contributed by atoms with E-state index >= 15 is 0 Å². The van der Waals surface area contributed by atoms with Crippen molar-refractivity contribution in [1.29, 1.82) is 0 Å². The Balaban J connectivity index is 3.39. The van der Waals surface area contributed by atoms with Gasteiger partial charge in [-0.25, -0.2) is 0 Å². The quantitative estimate of drug-likeness (QED) is 0.0320. The molecule has 78 heavy (non-hydrogen) atoms. The Morgan fingerprint density at radius 1 is 0.346 bits per heavy atom. The van der Waals surface area contributed by atoms with Gasteiger partial charge in [0.1, 0.15) is 0 Å². The molecule has 462 valence electrons. The maximum Gasteiger partial charge on any atom is 0.305 e. The standard InChI is InChI=1S/C72H139NO5/c1-3-5-7-9-11-13-15-16-17-18-19-32-35-38-41-45-48-52-56-60-64-70(75)69(68-74)73-71(76)65-61-57-53-49-46-42-39-36-33-30-28-26-24-22-20-21-23-25-27-29-31-34-37-40-43-47-51-55-59-63-67-78-72(77)66-62-58-54-50-44-14-12-10-8-6-4-2/h21,23,60,64,69-70,74-75H,3-20,22,24-59,61-63,65-68H2,1-2H3,(H,73,76)/b23-21-,64-60+. The topological polar surface area (TPSA) is 95.9 Å². The van der Waals surface area contributed by atoms with Crippen molar-refractivity contribution in [1.82, 2.24) is 5.32 Å². The fourth-order valence-electron chi connectivity index (χ4n) is 11.3. The summed E-state index contributed by atoms with van der Waals surface area (Å²) in [5.74, 6) is -0.0454. The molecule has 0 saturated heterocycles. The van der Waals surface area contributed by atoms with Gasteiger partial charge < -0.3 is 20.3 Å². The molecule has 2 unspecified atom stereocenters. The highest BCUT2D eigenvalue weighted by Gasteiger charge is 2.18. The molecule has 0 aromatic rings. The Hall–Kier alpha value is -1.66. The Morgan fingerprint density at radius 3 is 0.910 bits per heavy atom. The van der Waals surface area contributed by atoms with Crippen LogP contribution in [0.25, 0.3) is 0 Å². The molecule has 0 aromatic carbocycles. The number of nitrogens with one attached hydrogen (secondary N) is 1. The van der Waals surface area contributed by atoms with Crippen molar-refractivity contribution in [2.45, 2.75) is 411 Å². The molecule has 0 saturated carbocycles. The van der Waals surface area contributed by atoms with Gasteiger partial charge in [0.05, 0.1) is 25.4 Å². The predicted octanol–water partition coefficient (Wildman–Crippen LogP) is 22.9. The number of esters is 1. The summed E-state index contributed by atoms with van der Waals surface area (Å²) >= 11 is 0. The normalized spacial score (nSPS) is 12.6. The monoisotopic (exact) mass is 1100 g/mol. The Kier molecular flexibility index (Phi) is 66.4. The molecule has 0 heterocycles. The maximum atomic E-state index is 12.5. The molecule has 0 aliphatic heterocycles. The van der Waals surface area contributed by atoms with Crippen LogP contribution in [0.2, 0.25) is 0 Å². The molecule has 6 nitrogen and oxygen atoms in total. The second kappa shape index (κ2) is 67.8. The number of carbonyl (C=O) groups excluding carboxylic acids is 2. The van der Waals surface area contributed by atoms with Crippen molar-refractivity contribution in [3.8, 4) is 0 Å². The highest BCUT2D eigenvalue weighted by molar-refractivity contribution is 5.76. The van der Waals surface area contributed by atoms with Gasteiger partial charge in [-0.2, -0.15) is 0 Å². The van der Waals surface area contributed by atoms with E-state index in [0.717, 1.165) is 38.5 Å². The fraction of sp³-hybridized carbons (Fsp3) is 0.917. The first kappa shape index (κ1) is 76.3. The van der Waals surface area contributed by atoms with Crippen LogP contribution in [0.15, 0.2) is 24.3 Å². The SMILES string of the molecule is CCCCCCCCCCCCCCCCCCCC/C=C/C(O)C(CO)NC(=O)CCCCCCCCCCCCCCCC/C=C\CCCCCCCCCCCCCCOC(=O)CCCCCCCCCCCCC. The van der Waals surface area contributed by atoms with E-state index in [-0.39, 0.29) is 18.5 Å². The van der Waals surface area contributed by atoms with Crippen LogP contribution >= 0.6 is 0 Å². The van der Waals surface area contributed by atoms with Gasteiger partial charge in [0.2, 0.25) is 5.91 Å². The van der Waals surface area contributed by atoms with Gasteiger partial charge in [0.25, 0.3) is 0 Å². The summed E-state index contributed by atoms with van der Waals surface area (Å²) in [7, 11) is 0. The van der Waals surface area contributed by atoms with Gasteiger partial charge in [-0.1, -0.05) is 353 Å². The number of unbranched alkanes of at least 4 members (excludes halogenated alkanes) is 54. The molecule has 0 radical (unpaired) electrons. The molecule has 0 aromatic heterocycles. The van der Waals surface area contributed by atoms with E-state index < -0.39 is 12.1 Å². The summed E-state index contributed by atoms with van der Waals surface area (Å²) in [5, 5.41) is 23.2. The minimum Gasteiger partial charge on any atom is -0.466 e. The highest BCUT2D eigenvalue weighted by atomic mass is 16.5. The van der Waals surface area contributed by atoms with Crippen molar-refractivity contribution in [3.63, 3.8) is 0 Å². The third kappa shape index (κ3) is 63.5. The lowest BCUT2D eigenvalue weighted by atomic mass is 10.0. The molecule has 6 heteroatoms. The van der Waals surface area contributed by atoms with E-state index in [0.29, 0.717) is 19.4 Å². The Labute approximate surface area is 488 Å². The average molecular weight is 1100 g/mol. The van der Waals surface area contributed by atoms with Gasteiger partial charge in [0, 0.05) is 12.8 Å². The van der Waals surface area contributed by atoms with Crippen LogP contribution in [-0.2, 0) is 14.3 Å². The number of aliphatic hydroxyl groups is 2. The molecular formula is C72H139NO5. The molecule has 0 bridgehead atoms. The summed E-state index contributed by atoms with van der Waals surface area (Å²) in [6, 6.07) is -0.627. The number of rotatable bonds is 67. The van der Waals surface area contributed by atoms with Gasteiger partial charge in [-0.3, -0.25) is 9.59 Å². The molecule has 0 spiro atoms. The lowest BCUT2D eigenvalue weighted by Crippen LogP contribution is -2.45. The molecule has 2 atom stereocenters. The molecule has 3 N–H and O–H groups in total. The van der Waals surface area contributed by atoms with Crippen LogP contribution in [0.3, 0.4) is 0 Å². The smallest absolute Gasteiger partial charge is 0.305 e. The lowest BCUT2D eigenvalue weighted by Gasteiger charge is -2.20. The Bertz CT molecular complexity index is 1220. The van der Waals surface area contributed by atoms with E-state index in [9.17, 15) is 19.8 Å². The summed E-state index contributed by atoms with van der Waals surface area (Å²) in [6.07, 6.45) is 85.5. The number of hydrogen-bond acceptors (Lipinski definition) is 5. The third-order valence-electron chi connectivity index (χ3n) is 16.7. The molecule has 0 fully saturated rings. The molecular weight excluding hydrogens is 959 g/mol. The number of aliphatic hydroxyl groups excluding tert-OH is 2. The van der Waals surface area contributed by atoms with Crippen molar-refractivity contribution in [3.05, 3.63) is 24.3 Å². The van der Waals surface area contributed by atoms with Gasteiger partial charge >= 0.3 is 5.97 Å². The molecule has 0 aliphatic carbocycles. The predicted molar refractivity (Wildman–Crippen MR) is 343 cm³/mol. The largest absolute Gasteiger partial charge is 0.466 e. The lowest BCUT2D eigenvalue weighted by molar-refractivity contribution is -0.143. The first-order valence-corrected chi connectivity index (χ1v) is 35.6. The zero-order chi connectivity index (χ0) is 56.4. The van der Waals surface area contributed by atoms with Crippen LogP contribution in [0.1, 0.15) is 399 Å². The van der Waals surface area contributed by atoms with E-state index in [4.69, 9.17) is 4.74 Å². The minimum absolute atomic E-state index is 0.0171. The van der Waals surface area contributed by atoms with Crippen LogP contribution in [-0.4, -0.2) is 47.4 Å². The first-order chi connectivity index (χ1) is 38.5. The summed E-state index contributed by atoms with van der Waals surface area (Å²) < 4.78 is 5.47. The second-order valence-electron chi connectivity index (χ2n) is 24.6. The van der Waals surface area contributed by atoms with Crippen molar-refractivity contribution >= 4 is 11.9 Å². The number of amides is 1. The maximum absolute atomic E-state index is 12.5. The average Bonchev–Trinajstić information content (AvgIpc) is 3.44. The summed E-state index contributed by atoms with van der Waals surface area (Å²) in [5.41, 5.74) is 0. The number of hydrogen-bond donors (Lipinski definition) is 3. The summed E-state index contributed by atoms with van der Waals surface area (Å²) in [4.78, 5) is 24.5. The number of ether oxygens (including phenoxy) is 1. The number of allylic oxidation sites excluding steroid dienone is 3. The van der Waals surface area contributed by atoms with E-state index in [1.54, 1.807) is 6.08 Å².